The molecule has 17 heavy (non-hydrogen) atoms. The molecule has 0 heterocycles. The second-order valence-electron chi connectivity index (χ2n) is 4.17. The highest BCUT2D eigenvalue weighted by molar-refractivity contribution is 5.43. The highest BCUT2D eigenvalue weighted by atomic mass is 16.3. The van der Waals surface area contributed by atoms with Gasteiger partial charge in [0.25, 0.3) is 0 Å². The Bertz CT molecular complexity index is 491. The predicted octanol–water partition coefficient (Wildman–Crippen LogP) is 2.91. The molecule has 2 rings (SSSR count). The molecule has 0 saturated carbocycles. The van der Waals surface area contributed by atoms with Crippen LogP contribution in [-0.4, -0.2) is 5.11 Å². The number of anilines is 1. The SMILES string of the molecule is CCc1ccc([C@H](O)c2cccc(N)c2)cc1. The first kappa shape index (κ1) is 11.7. The van der Waals surface area contributed by atoms with E-state index in [1.807, 2.05) is 42.5 Å². The van der Waals surface area contributed by atoms with Gasteiger partial charge in [0.1, 0.15) is 6.10 Å². The van der Waals surface area contributed by atoms with Gasteiger partial charge in [0.05, 0.1) is 0 Å². The number of aliphatic hydroxyl groups excluding tert-OH is 1. The van der Waals surface area contributed by atoms with Crippen molar-refractivity contribution in [1.82, 2.24) is 0 Å². The second-order valence-corrected chi connectivity index (χ2v) is 4.17. The molecule has 0 fully saturated rings. The quantitative estimate of drug-likeness (QED) is 0.792. The van der Waals surface area contributed by atoms with Gasteiger partial charge in [0, 0.05) is 5.69 Å². The third kappa shape index (κ3) is 2.66. The Kier molecular flexibility index (Phi) is 3.45. The summed E-state index contributed by atoms with van der Waals surface area (Å²) < 4.78 is 0. The number of nitrogens with two attached hydrogens (primary N) is 1. The minimum absolute atomic E-state index is 0.607. The van der Waals surface area contributed by atoms with E-state index in [1.165, 1.54) is 5.56 Å². The summed E-state index contributed by atoms with van der Waals surface area (Å²) in [5.41, 5.74) is 9.38. The lowest BCUT2D eigenvalue weighted by Gasteiger charge is -2.12. The first-order chi connectivity index (χ1) is 8.20. The van der Waals surface area contributed by atoms with Crippen molar-refractivity contribution in [3.05, 3.63) is 65.2 Å². The first-order valence-electron chi connectivity index (χ1n) is 5.83. The monoisotopic (exact) mass is 227 g/mol. The van der Waals surface area contributed by atoms with Gasteiger partial charge in [-0.15, -0.1) is 0 Å². The van der Waals surface area contributed by atoms with Crippen LogP contribution in [0.1, 0.15) is 29.7 Å². The van der Waals surface area contributed by atoms with Crippen LogP contribution >= 0.6 is 0 Å². The van der Waals surface area contributed by atoms with E-state index in [-0.39, 0.29) is 0 Å². The summed E-state index contributed by atoms with van der Waals surface area (Å²) in [4.78, 5) is 0. The fraction of sp³-hybridized carbons (Fsp3) is 0.200. The van der Waals surface area contributed by atoms with Crippen LogP contribution < -0.4 is 5.73 Å². The summed E-state index contributed by atoms with van der Waals surface area (Å²) in [6, 6.07) is 15.4. The Labute approximate surface area is 102 Å². The van der Waals surface area contributed by atoms with Gasteiger partial charge in [-0.05, 0) is 35.2 Å². The maximum atomic E-state index is 10.2. The molecule has 0 saturated heterocycles. The molecule has 2 aromatic rings. The normalized spacial score (nSPS) is 12.4. The number of hydrogen-bond acceptors (Lipinski definition) is 2. The first-order valence-corrected chi connectivity index (χ1v) is 5.83. The maximum Gasteiger partial charge on any atom is 0.104 e. The molecule has 1 atom stereocenters. The predicted molar refractivity (Wildman–Crippen MR) is 70.7 cm³/mol. The molecule has 0 amide bonds. The van der Waals surface area contributed by atoms with Crippen LogP contribution in [0.15, 0.2) is 48.5 Å². The minimum Gasteiger partial charge on any atom is -0.399 e. The number of nitrogen functional groups attached to an aromatic ring is 1. The molecule has 0 aliphatic heterocycles. The van der Waals surface area contributed by atoms with E-state index in [4.69, 9.17) is 5.73 Å². The Balaban J connectivity index is 2.27. The van der Waals surface area contributed by atoms with Crippen LogP contribution in [-0.2, 0) is 6.42 Å². The summed E-state index contributed by atoms with van der Waals surface area (Å²) in [7, 11) is 0. The maximum absolute atomic E-state index is 10.2. The summed E-state index contributed by atoms with van der Waals surface area (Å²) >= 11 is 0. The summed E-state index contributed by atoms with van der Waals surface area (Å²) in [6.45, 7) is 2.11. The fourth-order valence-corrected chi connectivity index (χ4v) is 1.86. The van der Waals surface area contributed by atoms with Crippen LogP contribution in [0.5, 0.6) is 0 Å². The van der Waals surface area contributed by atoms with E-state index in [1.54, 1.807) is 6.07 Å². The van der Waals surface area contributed by atoms with Crippen LogP contribution in [0.2, 0.25) is 0 Å². The summed E-state index contributed by atoms with van der Waals surface area (Å²) in [5.74, 6) is 0. The van der Waals surface area contributed by atoms with E-state index >= 15 is 0 Å². The van der Waals surface area contributed by atoms with Crippen LogP contribution in [0.3, 0.4) is 0 Å². The molecular weight excluding hydrogens is 210 g/mol. The highest BCUT2D eigenvalue weighted by Gasteiger charge is 2.09. The third-order valence-electron chi connectivity index (χ3n) is 2.93. The van der Waals surface area contributed by atoms with Crippen molar-refractivity contribution in [2.45, 2.75) is 19.4 Å². The van der Waals surface area contributed by atoms with Crippen molar-refractivity contribution in [2.24, 2.45) is 0 Å². The van der Waals surface area contributed by atoms with Gasteiger partial charge < -0.3 is 10.8 Å². The average Bonchev–Trinajstić information content (AvgIpc) is 2.38. The molecule has 0 aliphatic carbocycles. The van der Waals surface area contributed by atoms with E-state index in [9.17, 15) is 5.11 Å². The zero-order valence-electron chi connectivity index (χ0n) is 9.93. The molecule has 2 nitrogen and oxygen atoms in total. The zero-order chi connectivity index (χ0) is 12.3. The van der Waals surface area contributed by atoms with Gasteiger partial charge in [0.2, 0.25) is 0 Å². The fourth-order valence-electron chi connectivity index (χ4n) is 1.86. The number of rotatable bonds is 3. The number of aryl methyl sites for hydroxylation is 1. The molecular formula is C15H17NO. The molecule has 2 heteroatoms. The van der Waals surface area contributed by atoms with Gasteiger partial charge in [-0.3, -0.25) is 0 Å². The molecule has 0 unspecified atom stereocenters. The van der Waals surface area contributed by atoms with Gasteiger partial charge in [-0.1, -0.05) is 43.3 Å². The molecule has 0 aromatic heterocycles. The summed E-state index contributed by atoms with van der Waals surface area (Å²) in [5, 5.41) is 10.2. The van der Waals surface area contributed by atoms with E-state index < -0.39 is 6.10 Å². The molecule has 88 valence electrons. The van der Waals surface area contributed by atoms with Crippen molar-refractivity contribution in [1.29, 1.82) is 0 Å². The van der Waals surface area contributed by atoms with Crippen molar-refractivity contribution in [3.63, 3.8) is 0 Å². The Hall–Kier alpha value is -1.80. The Morgan fingerprint density at radius 3 is 2.35 bits per heavy atom. The standard InChI is InChI=1S/C15H17NO/c1-2-11-6-8-12(9-7-11)15(17)13-4-3-5-14(16)10-13/h3-10,15,17H,2,16H2,1H3/t15-/m0/s1. The lowest BCUT2D eigenvalue weighted by molar-refractivity contribution is 0.220. The van der Waals surface area contributed by atoms with Crippen molar-refractivity contribution >= 4 is 5.69 Å². The second kappa shape index (κ2) is 5.02. The van der Waals surface area contributed by atoms with Gasteiger partial charge in [-0.2, -0.15) is 0 Å². The lowest BCUT2D eigenvalue weighted by atomic mass is 9.99. The number of benzene rings is 2. The topological polar surface area (TPSA) is 46.2 Å². The highest BCUT2D eigenvalue weighted by Crippen LogP contribution is 2.23. The minimum atomic E-state index is -0.607. The largest absolute Gasteiger partial charge is 0.399 e. The summed E-state index contributed by atoms with van der Waals surface area (Å²) in [6.07, 6.45) is 0.402. The van der Waals surface area contributed by atoms with Crippen LogP contribution in [0, 0.1) is 0 Å². The average molecular weight is 227 g/mol. The Morgan fingerprint density at radius 1 is 1.06 bits per heavy atom. The van der Waals surface area contributed by atoms with Gasteiger partial charge in [-0.25, -0.2) is 0 Å². The number of hydrogen-bond donors (Lipinski definition) is 2. The lowest BCUT2D eigenvalue weighted by Crippen LogP contribution is -2.00. The van der Waals surface area contributed by atoms with E-state index in [0.29, 0.717) is 5.69 Å². The van der Waals surface area contributed by atoms with Crippen molar-refractivity contribution < 1.29 is 5.11 Å². The Morgan fingerprint density at radius 2 is 1.76 bits per heavy atom. The van der Waals surface area contributed by atoms with Crippen LogP contribution in [0.25, 0.3) is 0 Å². The van der Waals surface area contributed by atoms with Gasteiger partial charge in [0.15, 0.2) is 0 Å². The molecule has 2 aromatic carbocycles. The molecule has 0 spiro atoms. The molecule has 0 bridgehead atoms. The molecule has 0 radical (unpaired) electrons. The van der Waals surface area contributed by atoms with Crippen molar-refractivity contribution in [2.75, 3.05) is 5.73 Å². The molecule has 3 N–H and O–H groups in total. The number of aliphatic hydroxyl groups is 1. The zero-order valence-corrected chi connectivity index (χ0v) is 9.93. The van der Waals surface area contributed by atoms with E-state index in [0.717, 1.165) is 17.5 Å². The smallest absolute Gasteiger partial charge is 0.104 e. The molecule has 0 aliphatic rings. The van der Waals surface area contributed by atoms with Crippen LogP contribution in [0.4, 0.5) is 5.69 Å². The van der Waals surface area contributed by atoms with Crippen molar-refractivity contribution in [3.8, 4) is 0 Å². The van der Waals surface area contributed by atoms with Gasteiger partial charge >= 0.3 is 0 Å². The third-order valence-corrected chi connectivity index (χ3v) is 2.93. The van der Waals surface area contributed by atoms with E-state index in [2.05, 4.69) is 6.92 Å².